The summed E-state index contributed by atoms with van der Waals surface area (Å²) in [6.07, 6.45) is 1.38. The normalized spacial score (nSPS) is 21.3. The number of hydrogen-bond acceptors (Lipinski definition) is 4. The average Bonchev–Trinajstić information content (AvgIpc) is 3.00. The number of aromatic nitrogens is 2. The molecule has 1 aromatic carbocycles. The van der Waals surface area contributed by atoms with Crippen LogP contribution in [0.1, 0.15) is 29.3 Å². The second-order valence-corrected chi connectivity index (χ2v) is 6.90. The van der Waals surface area contributed by atoms with Crippen LogP contribution in [-0.4, -0.2) is 21.8 Å². The number of aryl methyl sites for hydroxylation is 1. The van der Waals surface area contributed by atoms with Gasteiger partial charge in [0.05, 0.1) is 11.7 Å². The van der Waals surface area contributed by atoms with Gasteiger partial charge in [0.15, 0.2) is 0 Å². The Kier molecular flexibility index (Phi) is 4.30. The molecule has 2 N–H and O–H groups in total. The summed E-state index contributed by atoms with van der Waals surface area (Å²) < 4.78 is 27.5. The van der Waals surface area contributed by atoms with E-state index in [9.17, 15) is 13.6 Å². The predicted octanol–water partition coefficient (Wildman–Crippen LogP) is 3.04. The van der Waals surface area contributed by atoms with Crippen molar-refractivity contribution < 1.29 is 8.78 Å². The number of rotatable bonds is 3. The van der Waals surface area contributed by atoms with Gasteiger partial charge in [-0.1, -0.05) is 12.1 Å². The second kappa shape index (κ2) is 6.67. The van der Waals surface area contributed by atoms with Gasteiger partial charge < -0.3 is 10.3 Å². The first-order valence-electron chi connectivity index (χ1n) is 8.84. The van der Waals surface area contributed by atoms with Crippen molar-refractivity contribution >= 4 is 5.84 Å². The lowest BCUT2D eigenvalue weighted by atomic mass is 9.79. The largest absolute Gasteiger partial charge is 0.363 e. The van der Waals surface area contributed by atoms with Crippen LogP contribution in [0.25, 0.3) is 0 Å². The first kappa shape index (κ1) is 18.0. The van der Waals surface area contributed by atoms with Gasteiger partial charge in [-0.3, -0.25) is 4.79 Å². The van der Waals surface area contributed by atoms with E-state index in [0.717, 1.165) is 5.56 Å². The Morgan fingerprint density at radius 2 is 1.79 bits per heavy atom. The van der Waals surface area contributed by atoms with Gasteiger partial charge in [-0.2, -0.15) is 4.39 Å². The number of aromatic amines is 1. The zero-order valence-electron chi connectivity index (χ0n) is 15.3. The summed E-state index contributed by atoms with van der Waals surface area (Å²) in [4.78, 5) is 23.2. The highest BCUT2D eigenvalue weighted by molar-refractivity contribution is 5.99. The number of halogens is 2. The van der Waals surface area contributed by atoms with Crippen LogP contribution in [-0.2, 0) is 5.54 Å². The van der Waals surface area contributed by atoms with Gasteiger partial charge in [-0.25, -0.2) is 14.4 Å². The molecule has 0 amide bonds. The van der Waals surface area contributed by atoms with E-state index in [0.29, 0.717) is 22.7 Å². The van der Waals surface area contributed by atoms with Crippen LogP contribution in [0.5, 0.6) is 0 Å². The molecule has 0 bridgehead atoms. The van der Waals surface area contributed by atoms with Gasteiger partial charge in [0.1, 0.15) is 17.2 Å². The van der Waals surface area contributed by atoms with Crippen LogP contribution < -0.4 is 10.9 Å². The van der Waals surface area contributed by atoms with Crippen molar-refractivity contribution in [1.29, 1.82) is 0 Å². The minimum Gasteiger partial charge on any atom is -0.363 e. The molecular weight excluding hydrogens is 362 g/mol. The molecule has 0 saturated heterocycles. The summed E-state index contributed by atoms with van der Waals surface area (Å²) >= 11 is 0. The third-order valence-corrected chi connectivity index (χ3v) is 4.96. The Hall–Kier alpha value is -3.35. The van der Waals surface area contributed by atoms with Crippen LogP contribution >= 0.6 is 0 Å². The summed E-state index contributed by atoms with van der Waals surface area (Å²) in [5.74, 6) is -0.515. The molecule has 3 heterocycles. The Morgan fingerprint density at radius 1 is 1.04 bits per heavy atom. The molecule has 28 heavy (non-hydrogen) atoms. The molecule has 7 heteroatoms. The summed E-state index contributed by atoms with van der Waals surface area (Å²) in [5.41, 5.74) is 1.37. The Bertz CT molecular complexity index is 1120. The number of nitrogens with one attached hydrogen (secondary N) is 2. The Morgan fingerprint density at radius 3 is 2.46 bits per heavy atom. The maximum absolute atomic E-state index is 13.9. The van der Waals surface area contributed by atoms with Crippen molar-refractivity contribution in [2.45, 2.75) is 25.4 Å². The lowest BCUT2D eigenvalue weighted by Crippen LogP contribution is -2.41. The molecule has 0 fully saturated rings. The van der Waals surface area contributed by atoms with Crippen LogP contribution in [0.2, 0.25) is 0 Å². The van der Waals surface area contributed by atoms with E-state index in [1.165, 1.54) is 30.5 Å². The van der Waals surface area contributed by atoms with Crippen molar-refractivity contribution in [3.63, 3.8) is 0 Å². The molecule has 0 aliphatic carbocycles. The monoisotopic (exact) mass is 380 g/mol. The van der Waals surface area contributed by atoms with Crippen molar-refractivity contribution in [3.05, 3.63) is 99.2 Å². The van der Waals surface area contributed by atoms with Crippen LogP contribution in [0, 0.1) is 18.7 Å². The van der Waals surface area contributed by atoms with E-state index >= 15 is 0 Å². The fraction of sp³-hybridized carbons (Fsp3) is 0.190. The number of pyridine rings is 2. The van der Waals surface area contributed by atoms with Crippen molar-refractivity contribution in [1.82, 2.24) is 15.3 Å². The summed E-state index contributed by atoms with van der Waals surface area (Å²) in [6, 6.07) is 12.0. The number of hydrogen-bond donors (Lipinski definition) is 2. The van der Waals surface area contributed by atoms with E-state index < -0.39 is 11.5 Å². The first-order valence-corrected chi connectivity index (χ1v) is 8.84. The van der Waals surface area contributed by atoms with Crippen molar-refractivity contribution in [2.24, 2.45) is 4.99 Å². The van der Waals surface area contributed by atoms with Crippen LogP contribution in [0.4, 0.5) is 8.78 Å². The highest BCUT2D eigenvalue weighted by Crippen LogP contribution is 2.40. The highest BCUT2D eigenvalue weighted by atomic mass is 19.1. The molecule has 2 aromatic heterocycles. The van der Waals surface area contributed by atoms with Gasteiger partial charge in [0.25, 0.3) is 0 Å². The zero-order chi connectivity index (χ0) is 19.9. The van der Waals surface area contributed by atoms with Gasteiger partial charge >= 0.3 is 0 Å². The minimum absolute atomic E-state index is 0.235. The second-order valence-electron chi connectivity index (χ2n) is 6.90. The summed E-state index contributed by atoms with van der Waals surface area (Å²) in [5, 5.41) is 3.29. The fourth-order valence-electron chi connectivity index (χ4n) is 3.70. The highest BCUT2D eigenvalue weighted by Gasteiger charge is 2.45. The third kappa shape index (κ3) is 2.98. The van der Waals surface area contributed by atoms with E-state index in [4.69, 9.17) is 4.99 Å². The number of nitrogens with zero attached hydrogens (tertiary/aromatic N) is 2. The van der Waals surface area contributed by atoms with E-state index in [1.807, 2.05) is 19.9 Å². The smallest absolute Gasteiger partial charge is 0.248 e. The predicted molar refractivity (Wildman–Crippen MR) is 102 cm³/mol. The SMILES string of the molecule is Cc1cc(C2=N[C@@](c3ccc(F)cc3)(c3ccnc(F)c3)[C@H](C)N2)[nH]c(=O)c1. The molecule has 2 atom stereocenters. The number of amidine groups is 1. The number of benzene rings is 1. The first-order chi connectivity index (χ1) is 13.4. The number of aliphatic imine (C=N–C) groups is 1. The van der Waals surface area contributed by atoms with E-state index in [1.54, 1.807) is 18.2 Å². The molecule has 142 valence electrons. The average molecular weight is 380 g/mol. The molecule has 5 nitrogen and oxygen atoms in total. The lowest BCUT2D eigenvalue weighted by molar-refractivity contribution is 0.448. The lowest BCUT2D eigenvalue weighted by Gasteiger charge is -2.31. The number of H-pyrrole nitrogens is 1. The molecule has 0 unspecified atom stereocenters. The van der Waals surface area contributed by atoms with Gasteiger partial charge in [0, 0.05) is 12.3 Å². The summed E-state index contributed by atoms with van der Waals surface area (Å²) in [7, 11) is 0. The topological polar surface area (TPSA) is 70.1 Å². The van der Waals surface area contributed by atoms with E-state index in [2.05, 4.69) is 15.3 Å². The van der Waals surface area contributed by atoms with Gasteiger partial charge in [0.2, 0.25) is 11.5 Å². The molecule has 1 aliphatic rings. The van der Waals surface area contributed by atoms with Crippen LogP contribution in [0.15, 0.2) is 64.5 Å². The molecule has 0 saturated carbocycles. The molecular formula is C21H18F2N4O. The minimum atomic E-state index is -1.01. The van der Waals surface area contributed by atoms with Crippen LogP contribution in [0.3, 0.4) is 0 Å². The maximum atomic E-state index is 13.9. The Labute approximate surface area is 160 Å². The van der Waals surface area contributed by atoms with Gasteiger partial charge in [-0.15, -0.1) is 0 Å². The molecule has 4 rings (SSSR count). The quantitative estimate of drug-likeness (QED) is 0.686. The standard InChI is InChI=1S/C21H18F2N4O/c1-12-9-17(26-19(28)10-12)20-25-13(2)21(27-20,14-3-5-16(22)6-4-14)15-7-8-24-18(23)11-15/h3-11,13H,1-2H3,(H,25,27)(H,26,28)/t13-,21-/m0/s1. The summed E-state index contributed by atoms with van der Waals surface area (Å²) in [6.45, 7) is 3.73. The molecule has 0 radical (unpaired) electrons. The van der Waals surface area contributed by atoms with Gasteiger partial charge in [-0.05, 0) is 60.9 Å². The van der Waals surface area contributed by atoms with Crippen molar-refractivity contribution in [2.75, 3.05) is 0 Å². The van der Waals surface area contributed by atoms with Crippen molar-refractivity contribution in [3.8, 4) is 0 Å². The molecule has 3 aromatic rings. The molecule has 1 aliphatic heterocycles. The fourth-order valence-corrected chi connectivity index (χ4v) is 3.70. The third-order valence-electron chi connectivity index (χ3n) is 4.96. The molecule has 0 spiro atoms. The Balaban J connectivity index is 1.96. The maximum Gasteiger partial charge on any atom is 0.248 e. The van der Waals surface area contributed by atoms with E-state index in [-0.39, 0.29) is 17.4 Å². The zero-order valence-corrected chi connectivity index (χ0v) is 15.3.